The van der Waals surface area contributed by atoms with Gasteiger partial charge in [-0.25, -0.2) is 4.79 Å². The van der Waals surface area contributed by atoms with Gasteiger partial charge in [0.05, 0.1) is 35.5 Å². The number of nitriles is 1. The molecule has 0 unspecified atom stereocenters. The van der Waals surface area contributed by atoms with Crippen LogP contribution in [-0.2, 0) is 17.9 Å². The first-order valence-corrected chi connectivity index (χ1v) is 11.6. The molecule has 0 bridgehead atoms. The fourth-order valence-corrected chi connectivity index (χ4v) is 4.70. The van der Waals surface area contributed by atoms with Crippen LogP contribution in [0.5, 0.6) is 5.75 Å². The number of ether oxygens (including phenoxy) is 2. The molecule has 0 aliphatic carbocycles. The molecule has 174 valence electrons. The molecule has 1 N–H and O–H groups in total. The van der Waals surface area contributed by atoms with Crippen molar-refractivity contribution in [3.8, 4) is 11.8 Å². The summed E-state index contributed by atoms with van der Waals surface area (Å²) < 4.78 is 13.1. The van der Waals surface area contributed by atoms with E-state index in [4.69, 9.17) is 26.3 Å². The van der Waals surface area contributed by atoms with Gasteiger partial charge in [0.1, 0.15) is 11.8 Å². The lowest BCUT2D eigenvalue weighted by Crippen LogP contribution is -2.35. The molecule has 2 atom stereocenters. The third-order valence-corrected chi connectivity index (χ3v) is 6.63. The van der Waals surface area contributed by atoms with Gasteiger partial charge < -0.3 is 24.3 Å². The van der Waals surface area contributed by atoms with Crippen LogP contribution in [-0.4, -0.2) is 40.7 Å². The number of rotatable bonds is 5. The van der Waals surface area contributed by atoms with Crippen molar-refractivity contribution in [2.45, 2.75) is 58.3 Å². The van der Waals surface area contributed by atoms with E-state index < -0.39 is 6.09 Å². The number of carbonyl (C=O) groups is 2. The first kappa shape index (κ1) is 23.1. The number of nitrogens with zero attached hydrogens (tertiary/aromatic N) is 3. The molecule has 2 aliphatic heterocycles. The fraction of sp³-hybridized carbons (Fsp3) is 0.458. The molecule has 2 aromatic rings. The third-order valence-electron chi connectivity index (χ3n) is 6.32. The largest absolute Gasteiger partial charge is 0.413 e. The number of likely N-dealkylation sites (tertiary alicyclic amines) is 1. The summed E-state index contributed by atoms with van der Waals surface area (Å²) in [5, 5.41) is 12.3. The third kappa shape index (κ3) is 4.70. The van der Waals surface area contributed by atoms with Crippen molar-refractivity contribution >= 4 is 23.6 Å². The Balaban J connectivity index is 1.53. The smallest absolute Gasteiger partial charge is 0.408 e. The van der Waals surface area contributed by atoms with Crippen molar-refractivity contribution in [2.24, 2.45) is 0 Å². The zero-order valence-corrected chi connectivity index (χ0v) is 19.5. The Hall–Kier alpha value is -3.02. The highest BCUT2D eigenvalue weighted by molar-refractivity contribution is 6.31. The van der Waals surface area contributed by atoms with E-state index in [0.717, 1.165) is 24.9 Å². The molecule has 9 heteroatoms. The molecule has 0 saturated carbocycles. The molecular formula is C24H27ClN4O4. The number of amides is 2. The van der Waals surface area contributed by atoms with Gasteiger partial charge in [0.25, 0.3) is 5.91 Å². The molecule has 4 rings (SSSR count). The number of aromatic nitrogens is 1. The second-order valence-electron chi connectivity index (χ2n) is 8.38. The average molecular weight is 471 g/mol. The van der Waals surface area contributed by atoms with Crippen LogP contribution in [0.15, 0.2) is 24.3 Å². The molecule has 1 fully saturated rings. The summed E-state index contributed by atoms with van der Waals surface area (Å²) in [7, 11) is 0. The summed E-state index contributed by atoms with van der Waals surface area (Å²) in [5.74, 6) is 0.284. The van der Waals surface area contributed by atoms with Crippen molar-refractivity contribution in [1.29, 1.82) is 5.26 Å². The van der Waals surface area contributed by atoms with Gasteiger partial charge in [0.15, 0.2) is 5.75 Å². The van der Waals surface area contributed by atoms with Crippen LogP contribution in [0.2, 0.25) is 5.02 Å². The maximum atomic E-state index is 13.2. The Morgan fingerprint density at radius 1 is 1.36 bits per heavy atom. The Kier molecular flexibility index (Phi) is 6.91. The number of hydrogen-bond acceptors (Lipinski definition) is 5. The quantitative estimate of drug-likeness (QED) is 0.698. The first-order chi connectivity index (χ1) is 15.9. The van der Waals surface area contributed by atoms with Gasteiger partial charge in [-0.15, -0.1) is 0 Å². The summed E-state index contributed by atoms with van der Waals surface area (Å²) in [6.07, 6.45) is 1.96. The average Bonchev–Trinajstić information content (AvgIpc) is 3.41. The molecule has 3 heterocycles. The molecule has 2 aliphatic rings. The number of halogens is 1. The molecule has 33 heavy (non-hydrogen) atoms. The van der Waals surface area contributed by atoms with E-state index >= 15 is 0 Å². The van der Waals surface area contributed by atoms with Crippen molar-refractivity contribution in [3.05, 3.63) is 51.8 Å². The van der Waals surface area contributed by atoms with Crippen LogP contribution >= 0.6 is 11.6 Å². The zero-order valence-electron chi connectivity index (χ0n) is 18.8. The summed E-state index contributed by atoms with van der Waals surface area (Å²) >= 11 is 6.15. The predicted octanol–water partition coefficient (Wildman–Crippen LogP) is 4.41. The number of nitrogens with one attached hydrogen (secondary N) is 1. The molecule has 1 aromatic heterocycles. The van der Waals surface area contributed by atoms with E-state index in [9.17, 15) is 9.59 Å². The monoisotopic (exact) mass is 470 g/mol. The van der Waals surface area contributed by atoms with E-state index in [0.29, 0.717) is 47.3 Å². The minimum absolute atomic E-state index is 0.0444. The van der Waals surface area contributed by atoms with Gasteiger partial charge in [0, 0.05) is 25.2 Å². The van der Waals surface area contributed by atoms with Crippen molar-refractivity contribution in [2.75, 3.05) is 13.2 Å². The minimum Gasteiger partial charge on any atom is -0.408 e. The number of carbonyl (C=O) groups excluding carboxylic acids is 2. The lowest BCUT2D eigenvalue weighted by molar-refractivity contribution is 0.0686. The SMILES string of the molecule is CC[C@@H](NC(=O)Oc1cc(C(=O)N2CCC[C@@H]2C)n2c1COCC2)c1ccc(C#N)c(Cl)c1. The predicted molar refractivity (Wildman–Crippen MR) is 122 cm³/mol. The van der Waals surface area contributed by atoms with Crippen LogP contribution in [0.1, 0.15) is 66.5 Å². The number of fused-ring (bicyclic) bond motifs is 1. The summed E-state index contributed by atoms with van der Waals surface area (Å²) in [4.78, 5) is 27.8. The highest BCUT2D eigenvalue weighted by Gasteiger charge is 2.32. The van der Waals surface area contributed by atoms with Crippen molar-refractivity contribution in [3.63, 3.8) is 0 Å². The van der Waals surface area contributed by atoms with E-state index in [1.807, 2.05) is 22.5 Å². The number of benzene rings is 1. The Labute approximate surface area is 198 Å². The highest BCUT2D eigenvalue weighted by Crippen LogP contribution is 2.31. The van der Waals surface area contributed by atoms with Crippen molar-refractivity contribution in [1.82, 2.24) is 14.8 Å². The maximum Gasteiger partial charge on any atom is 0.413 e. The molecule has 2 amide bonds. The fourth-order valence-electron chi connectivity index (χ4n) is 4.47. The van der Waals surface area contributed by atoms with E-state index in [-0.39, 0.29) is 24.6 Å². The van der Waals surface area contributed by atoms with Crippen LogP contribution < -0.4 is 10.1 Å². The summed E-state index contributed by atoms with van der Waals surface area (Å²) in [5.41, 5.74) is 2.36. The van der Waals surface area contributed by atoms with Gasteiger partial charge in [0.2, 0.25) is 0 Å². The summed E-state index contributed by atoms with van der Waals surface area (Å²) in [6, 6.07) is 8.60. The van der Waals surface area contributed by atoms with Gasteiger partial charge >= 0.3 is 6.09 Å². The molecule has 0 radical (unpaired) electrons. The minimum atomic E-state index is -0.630. The Morgan fingerprint density at radius 2 is 2.18 bits per heavy atom. The van der Waals surface area contributed by atoms with Crippen LogP contribution in [0.3, 0.4) is 0 Å². The van der Waals surface area contributed by atoms with Gasteiger partial charge in [-0.1, -0.05) is 24.6 Å². The summed E-state index contributed by atoms with van der Waals surface area (Å²) in [6.45, 7) is 6.02. The molecule has 1 saturated heterocycles. The van der Waals surface area contributed by atoms with Crippen LogP contribution in [0, 0.1) is 11.3 Å². The van der Waals surface area contributed by atoms with Crippen LogP contribution in [0.4, 0.5) is 4.79 Å². The topological polar surface area (TPSA) is 96.6 Å². The lowest BCUT2D eigenvalue weighted by atomic mass is 10.0. The van der Waals surface area contributed by atoms with Crippen LogP contribution in [0.25, 0.3) is 0 Å². The normalized spacial score (nSPS) is 18.4. The highest BCUT2D eigenvalue weighted by atomic mass is 35.5. The Morgan fingerprint density at radius 3 is 2.85 bits per heavy atom. The van der Waals surface area contributed by atoms with E-state index in [1.165, 1.54) is 0 Å². The van der Waals surface area contributed by atoms with Crippen molar-refractivity contribution < 1.29 is 19.1 Å². The first-order valence-electron chi connectivity index (χ1n) is 11.2. The Bertz CT molecular complexity index is 1110. The van der Waals surface area contributed by atoms with E-state index in [1.54, 1.807) is 24.3 Å². The zero-order chi connectivity index (χ0) is 23.5. The molecular weight excluding hydrogens is 444 g/mol. The van der Waals surface area contributed by atoms with Gasteiger partial charge in [-0.3, -0.25) is 4.79 Å². The maximum absolute atomic E-state index is 13.2. The van der Waals surface area contributed by atoms with Gasteiger partial charge in [-0.2, -0.15) is 5.26 Å². The molecule has 1 aromatic carbocycles. The molecule has 8 nitrogen and oxygen atoms in total. The van der Waals surface area contributed by atoms with Gasteiger partial charge in [-0.05, 0) is 43.9 Å². The standard InChI is InChI=1S/C24H27ClN4O4/c1-3-19(16-6-7-17(13-26)18(25)11-16)27-24(31)33-22-12-20(29-9-10-32-14-21(22)29)23(30)28-8-4-5-15(28)2/h6-7,11-12,15,19H,3-5,8-10,14H2,1-2H3,(H,27,31)/t15-,19+/m0/s1. The number of hydrogen-bond donors (Lipinski definition) is 1. The molecule has 0 spiro atoms. The van der Waals surface area contributed by atoms with E-state index in [2.05, 4.69) is 12.2 Å². The second kappa shape index (κ2) is 9.86. The second-order valence-corrected chi connectivity index (χ2v) is 8.79. The lowest BCUT2D eigenvalue weighted by Gasteiger charge is -2.24.